The minimum absolute atomic E-state index is 0.117. The Balaban J connectivity index is 2.57. The Morgan fingerprint density at radius 3 is 2.21 bits per heavy atom. The lowest BCUT2D eigenvalue weighted by Gasteiger charge is -2.12. The van der Waals surface area contributed by atoms with Gasteiger partial charge in [-0.25, -0.2) is 4.39 Å². The fourth-order valence-corrected chi connectivity index (χ4v) is 2.04. The molecule has 0 atom stereocenters. The molecule has 0 aliphatic carbocycles. The topological polar surface area (TPSA) is 0 Å². The maximum absolute atomic E-state index is 13.7. The van der Waals surface area contributed by atoms with Crippen LogP contribution in [-0.2, 0) is 12.1 Å². The Labute approximate surface area is 112 Å². The first-order valence-electron chi connectivity index (χ1n) is 5.44. The van der Waals surface area contributed by atoms with Crippen LogP contribution in [0.5, 0.6) is 0 Å². The van der Waals surface area contributed by atoms with Crippen molar-refractivity contribution in [3.63, 3.8) is 0 Å². The molecule has 2 rings (SSSR count). The summed E-state index contributed by atoms with van der Waals surface area (Å²) in [6, 6.07) is 9.03. The highest BCUT2D eigenvalue weighted by atomic mass is 35.5. The molecule has 0 heterocycles. The van der Waals surface area contributed by atoms with Crippen molar-refractivity contribution in [2.75, 3.05) is 0 Å². The molecule has 0 fully saturated rings. The average molecular weight is 289 g/mol. The Morgan fingerprint density at radius 1 is 0.947 bits per heavy atom. The number of alkyl halides is 4. The van der Waals surface area contributed by atoms with Gasteiger partial charge in [0.05, 0.1) is 5.56 Å². The van der Waals surface area contributed by atoms with E-state index in [0.717, 1.165) is 12.1 Å². The fourth-order valence-electron chi connectivity index (χ4n) is 1.82. The molecule has 0 radical (unpaired) electrons. The first-order chi connectivity index (χ1) is 8.93. The van der Waals surface area contributed by atoms with Crippen molar-refractivity contribution in [2.24, 2.45) is 0 Å². The van der Waals surface area contributed by atoms with E-state index in [9.17, 15) is 17.6 Å². The number of hydrogen-bond acceptors (Lipinski definition) is 0. The molecule has 2 aromatic rings. The van der Waals surface area contributed by atoms with Crippen molar-refractivity contribution in [2.45, 2.75) is 12.1 Å². The summed E-state index contributed by atoms with van der Waals surface area (Å²) in [5.41, 5.74) is 0.0813. The second-order valence-corrected chi connectivity index (χ2v) is 4.25. The second kappa shape index (κ2) is 5.21. The van der Waals surface area contributed by atoms with Crippen LogP contribution in [0.1, 0.15) is 11.1 Å². The second-order valence-electron chi connectivity index (χ2n) is 3.98. The third kappa shape index (κ3) is 2.89. The first kappa shape index (κ1) is 13.9. The van der Waals surface area contributed by atoms with Crippen LogP contribution in [0, 0.1) is 5.82 Å². The molecule has 0 saturated carbocycles. The molecule has 0 aromatic heterocycles. The van der Waals surface area contributed by atoms with Crippen LogP contribution in [0.15, 0.2) is 42.5 Å². The van der Waals surface area contributed by atoms with Crippen molar-refractivity contribution in [1.29, 1.82) is 0 Å². The first-order valence-corrected chi connectivity index (χ1v) is 5.98. The predicted molar refractivity (Wildman–Crippen MR) is 66.4 cm³/mol. The quantitative estimate of drug-likeness (QED) is 0.523. The van der Waals surface area contributed by atoms with Gasteiger partial charge < -0.3 is 0 Å². The summed E-state index contributed by atoms with van der Waals surface area (Å²) >= 11 is 5.67. The summed E-state index contributed by atoms with van der Waals surface area (Å²) in [7, 11) is 0. The van der Waals surface area contributed by atoms with E-state index in [1.165, 1.54) is 24.3 Å². The molecule has 0 unspecified atom stereocenters. The van der Waals surface area contributed by atoms with Gasteiger partial charge in [0, 0.05) is 11.4 Å². The van der Waals surface area contributed by atoms with Gasteiger partial charge >= 0.3 is 6.18 Å². The maximum Gasteiger partial charge on any atom is 0.416 e. The van der Waals surface area contributed by atoms with E-state index in [2.05, 4.69) is 0 Å². The molecule has 0 aliphatic rings. The average Bonchev–Trinajstić information content (AvgIpc) is 2.37. The Kier molecular flexibility index (Phi) is 3.80. The van der Waals surface area contributed by atoms with Gasteiger partial charge in [-0.1, -0.05) is 24.3 Å². The highest BCUT2D eigenvalue weighted by Crippen LogP contribution is 2.34. The van der Waals surface area contributed by atoms with Crippen LogP contribution >= 0.6 is 11.6 Å². The minimum atomic E-state index is -4.44. The Hall–Kier alpha value is -1.55. The standard InChI is InChI=1S/C14H9ClF4/c15-8-9-7-10(14(17,18)19)5-6-11(9)12-3-1-2-4-13(12)16/h1-7H,8H2. The van der Waals surface area contributed by atoms with Crippen molar-refractivity contribution in [1.82, 2.24) is 0 Å². The molecule has 0 aliphatic heterocycles. The molecule has 2 aromatic carbocycles. The molecule has 0 saturated heterocycles. The summed E-state index contributed by atoms with van der Waals surface area (Å²) in [6.07, 6.45) is -4.44. The number of benzene rings is 2. The van der Waals surface area contributed by atoms with E-state index in [1.807, 2.05) is 0 Å². The van der Waals surface area contributed by atoms with E-state index in [0.29, 0.717) is 5.56 Å². The van der Waals surface area contributed by atoms with Crippen LogP contribution < -0.4 is 0 Å². The molecular weight excluding hydrogens is 280 g/mol. The van der Waals surface area contributed by atoms with Crippen molar-refractivity contribution >= 4 is 11.6 Å². The summed E-state index contributed by atoms with van der Waals surface area (Å²) < 4.78 is 51.5. The third-order valence-corrected chi connectivity index (χ3v) is 3.03. The molecule has 0 N–H and O–H groups in total. The van der Waals surface area contributed by atoms with Crippen molar-refractivity contribution in [3.8, 4) is 11.1 Å². The van der Waals surface area contributed by atoms with Gasteiger partial charge in [-0.15, -0.1) is 11.6 Å². The molecule has 100 valence electrons. The highest BCUT2D eigenvalue weighted by molar-refractivity contribution is 6.17. The van der Waals surface area contributed by atoms with E-state index in [1.54, 1.807) is 6.07 Å². The van der Waals surface area contributed by atoms with Crippen LogP contribution in [0.25, 0.3) is 11.1 Å². The molecular formula is C14H9ClF4. The SMILES string of the molecule is Fc1ccccc1-c1ccc(C(F)(F)F)cc1CCl. The lowest BCUT2D eigenvalue weighted by Crippen LogP contribution is -2.05. The highest BCUT2D eigenvalue weighted by Gasteiger charge is 2.31. The van der Waals surface area contributed by atoms with Gasteiger partial charge in [0.15, 0.2) is 0 Å². The summed E-state index contributed by atoms with van der Waals surface area (Å²) in [4.78, 5) is 0. The third-order valence-electron chi connectivity index (χ3n) is 2.74. The zero-order valence-electron chi connectivity index (χ0n) is 9.64. The van der Waals surface area contributed by atoms with Crippen LogP contribution in [0.4, 0.5) is 17.6 Å². The van der Waals surface area contributed by atoms with Gasteiger partial charge in [-0.05, 0) is 29.3 Å². The molecule has 0 bridgehead atoms. The van der Waals surface area contributed by atoms with Crippen LogP contribution in [0.3, 0.4) is 0 Å². The van der Waals surface area contributed by atoms with Gasteiger partial charge in [0.2, 0.25) is 0 Å². The summed E-state index contributed by atoms with van der Waals surface area (Å²) in [6.45, 7) is 0. The van der Waals surface area contributed by atoms with E-state index in [-0.39, 0.29) is 17.0 Å². The predicted octanol–water partition coefficient (Wildman–Crippen LogP) is 5.25. The molecule has 0 nitrogen and oxygen atoms in total. The molecule has 0 amide bonds. The smallest absolute Gasteiger partial charge is 0.206 e. The van der Waals surface area contributed by atoms with Gasteiger partial charge in [0.1, 0.15) is 5.82 Å². The van der Waals surface area contributed by atoms with Crippen LogP contribution in [-0.4, -0.2) is 0 Å². The monoisotopic (exact) mass is 288 g/mol. The Bertz CT molecular complexity index is 590. The van der Waals surface area contributed by atoms with E-state index >= 15 is 0 Å². The number of halogens is 5. The molecule has 0 spiro atoms. The number of hydrogen-bond donors (Lipinski definition) is 0. The van der Waals surface area contributed by atoms with E-state index in [4.69, 9.17) is 11.6 Å². The zero-order chi connectivity index (χ0) is 14.0. The summed E-state index contributed by atoms with van der Waals surface area (Å²) in [5.74, 6) is -0.609. The fraction of sp³-hybridized carbons (Fsp3) is 0.143. The zero-order valence-corrected chi connectivity index (χ0v) is 10.4. The maximum atomic E-state index is 13.7. The minimum Gasteiger partial charge on any atom is -0.206 e. The number of rotatable bonds is 2. The lowest BCUT2D eigenvalue weighted by molar-refractivity contribution is -0.137. The Morgan fingerprint density at radius 2 is 1.63 bits per heavy atom. The van der Waals surface area contributed by atoms with Crippen LogP contribution in [0.2, 0.25) is 0 Å². The van der Waals surface area contributed by atoms with Crippen molar-refractivity contribution < 1.29 is 17.6 Å². The molecule has 19 heavy (non-hydrogen) atoms. The largest absolute Gasteiger partial charge is 0.416 e. The van der Waals surface area contributed by atoms with Crippen molar-refractivity contribution in [3.05, 3.63) is 59.4 Å². The van der Waals surface area contributed by atoms with Gasteiger partial charge in [0.25, 0.3) is 0 Å². The molecule has 5 heteroatoms. The lowest BCUT2D eigenvalue weighted by atomic mass is 9.98. The normalized spacial score (nSPS) is 11.6. The van der Waals surface area contributed by atoms with E-state index < -0.39 is 17.6 Å². The van der Waals surface area contributed by atoms with Gasteiger partial charge in [-0.2, -0.15) is 13.2 Å². The van der Waals surface area contributed by atoms with Gasteiger partial charge in [-0.3, -0.25) is 0 Å². The summed E-state index contributed by atoms with van der Waals surface area (Å²) in [5, 5.41) is 0.